The molecular weight excluding hydrogens is 446 g/mol. The Labute approximate surface area is 204 Å². The van der Waals surface area contributed by atoms with E-state index < -0.39 is 12.0 Å². The van der Waals surface area contributed by atoms with Crippen LogP contribution in [-0.4, -0.2) is 41.7 Å². The standard InChI is InChI=1S/C28H26ClN3O2/c1-19-14-22(26(29)15-23(19)18-32-13-12-31-17-27(32)28(33)34)11-10-21-8-5-9-24(25(21)16-30)20-6-3-2-4-7-20/h2-11,14-15,27,31H,12-13,17-18H2,1H3,(H,33,34). The van der Waals surface area contributed by atoms with E-state index in [-0.39, 0.29) is 0 Å². The molecule has 1 fully saturated rings. The first kappa shape index (κ1) is 23.7. The minimum atomic E-state index is -0.818. The van der Waals surface area contributed by atoms with E-state index in [1.165, 1.54) is 0 Å². The molecule has 6 heteroatoms. The number of piperazine rings is 1. The number of hydrogen-bond donors (Lipinski definition) is 2. The van der Waals surface area contributed by atoms with Gasteiger partial charge in [-0.1, -0.05) is 78.4 Å². The molecule has 1 saturated heterocycles. The lowest BCUT2D eigenvalue weighted by atomic mass is 9.95. The molecule has 1 aliphatic rings. The molecule has 34 heavy (non-hydrogen) atoms. The summed E-state index contributed by atoms with van der Waals surface area (Å²) in [4.78, 5) is 13.6. The molecule has 0 aliphatic carbocycles. The fraction of sp³-hybridized carbons (Fsp3) is 0.214. The lowest BCUT2D eigenvalue weighted by molar-refractivity contribution is -0.144. The molecule has 0 saturated carbocycles. The van der Waals surface area contributed by atoms with Gasteiger partial charge in [0.15, 0.2) is 0 Å². The lowest BCUT2D eigenvalue weighted by Gasteiger charge is -2.33. The maximum atomic E-state index is 11.6. The molecule has 0 spiro atoms. The minimum Gasteiger partial charge on any atom is -0.480 e. The number of nitriles is 1. The molecule has 0 radical (unpaired) electrons. The summed E-state index contributed by atoms with van der Waals surface area (Å²) in [5, 5.41) is 23.1. The quantitative estimate of drug-likeness (QED) is 0.482. The van der Waals surface area contributed by atoms with Crippen molar-refractivity contribution in [3.05, 3.63) is 93.5 Å². The third-order valence-corrected chi connectivity index (χ3v) is 6.53. The summed E-state index contributed by atoms with van der Waals surface area (Å²) >= 11 is 6.62. The van der Waals surface area contributed by atoms with Crippen LogP contribution in [0.1, 0.15) is 27.8 Å². The van der Waals surface area contributed by atoms with Gasteiger partial charge in [0.05, 0.1) is 5.56 Å². The van der Waals surface area contributed by atoms with Gasteiger partial charge in [0.2, 0.25) is 0 Å². The molecule has 3 aromatic carbocycles. The number of nitrogens with one attached hydrogen (secondary N) is 1. The topological polar surface area (TPSA) is 76.4 Å². The zero-order valence-corrected chi connectivity index (χ0v) is 19.7. The largest absolute Gasteiger partial charge is 0.480 e. The van der Waals surface area contributed by atoms with Gasteiger partial charge in [0, 0.05) is 36.8 Å². The maximum absolute atomic E-state index is 11.6. The Kier molecular flexibility index (Phi) is 7.44. The fourth-order valence-corrected chi connectivity index (χ4v) is 4.56. The van der Waals surface area contributed by atoms with Crippen molar-refractivity contribution in [3.63, 3.8) is 0 Å². The van der Waals surface area contributed by atoms with Crippen molar-refractivity contribution in [2.75, 3.05) is 19.6 Å². The smallest absolute Gasteiger partial charge is 0.322 e. The van der Waals surface area contributed by atoms with Crippen molar-refractivity contribution >= 4 is 29.7 Å². The van der Waals surface area contributed by atoms with Gasteiger partial charge in [0.25, 0.3) is 0 Å². The molecule has 0 bridgehead atoms. The Morgan fingerprint density at radius 1 is 1.18 bits per heavy atom. The van der Waals surface area contributed by atoms with Crippen molar-refractivity contribution in [3.8, 4) is 17.2 Å². The van der Waals surface area contributed by atoms with Crippen molar-refractivity contribution in [1.82, 2.24) is 10.2 Å². The van der Waals surface area contributed by atoms with Gasteiger partial charge in [-0.2, -0.15) is 5.26 Å². The highest BCUT2D eigenvalue weighted by molar-refractivity contribution is 6.32. The zero-order chi connectivity index (χ0) is 24.1. The van der Waals surface area contributed by atoms with Crippen LogP contribution in [0.15, 0.2) is 60.7 Å². The van der Waals surface area contributed by atoms with E-state index in [0.717, 1.165) is 39.9 Å². The second-order valence-corrected chi connectivity index (χ2v) is 8.82. The summed E-state index contributed by atoms with van der Waals surface area (Å²) in [6.45, 7) is 4.42. The van der Waals surface area contributed by atoms with Crippen LogP contribution in [0.25, 0.3) is 23.3 Å². The molecule has 0 aromatic heterocycles. The maximum Gasteiger partial charge on any atom is 0.322 e. The van der Waals surface area contributed by atoms with Gasteiger partial charge < -0.3 is 10.4 Å². The van der Waals surface area contributed by atoms with Crippen LogP contribution < -0.4 is 5.32 Å². The van der Waals surface area contributed by atoms with Crippen molar-refractivity contribution < 1.29 is 9.90 Å². The van der Waals surface area contributed by atoms with E-state index in [0.29, 0.717) is 30.2 Å². The summed E-state index contributed by atoms with van der Waals surface area (Å²) in [7, 11) is 0. The first-order valence-electron chi connectivity index (χ1n) is 11.2. The van der Waals surface area contributed by atoms with E-state index in [1.807, 2.05) is 84.6 Å². The van der Waals surface area contributed by atoms with E-state index in [2.05, 4.69) is 11.4 Å². The van der Waals surface area contributed by atoms with Gasteiger partial charge >= 0.3 is 5.97 Å². The summed E-state index contributed by atoms with van der Waals surface area (Å²) in [5.41, 5.74) is 6.25. The van der Waals surface area contributed by atoms with Crippen molar-refractivity contribution in [2.24, 2.45) is 0 Å². The number of hydrogen-bond acceptors (Lipinski definition) is 4. The Bertz CT molecular complexity index is 1260. The molecule has 2 N–H and O–H groups in total. The Morgan fingerprint density at radius 3 is 2.68 bits per heavy atom. The first-order valence-corrected chi connectivity index (χ1v) is 11.6. The number of benzene rings is 3. The molecule has 1 atom stereocenters. The molecular formula is C28H26ClN3O2. The average Bonchev–Trinajstić information content (AvgIpc) is 2.85. The Balaban J connectivity index is 1.60. The SMILES string of the molecule is Cc1cc(C=Cc2cccc(-c3ccccc3)c2C#N)c(Cl)cc1CN1CCNCC1C(=O)O. The highest BCUT2D eigenvalue weighted by Crippen LogP contribution is 2.29. The van der Waals surface area contributed by atoms with E-state index in [4.69, 9.17) is 11.6 Å². The van der Waals surface area contributed by atoms with Gasteiger partial charge in [-0.3, -0.25) is 9.69 Å². The van der Waals surface area contributed by atoms with Crippen molar-refractivity contribution in [1.29, 1.82) is 5.26 Å². The molecule has 0 amide bonds. The summed E-state index contributed by atoms with van der Waals surface area (Å²) in [6.07, 6.45) is 3.84. The average molecular weight is 472 g/mol. The van der Waals surface area contributed by atoms with Gasteiger partial charge in [0.1, 0.15) is 12.1 Å². The van der Waals surface area contributed by atoms with Crippen molar-refractivity contribution in [2.45, 2.75) is 19.5 Å². The first-order chi connectivity index (χ1) is 16.5. The third-order valence-electron chi connectivity index (χ3n) is 6.20. The van der Waals surface area contributed by atoms with Crippen LogP contribution in [-0.2, 0) is 11.3 Å². The molecule has 3 aromatic rings. The van der Waals surface area contributed by atoms with Crippen LogP contribution in [0, 0.1) is 18.3 Å². The molecule has 172 valence electrons. The Hall–Kier alpha value is -3.43. The molecule has 5 nitrogen and oxygen atoms in total. The van der Waals surface area contributed by atoms with Gasteiger partial charge in [-0.15, -0.1) is 0 Å². The van der Waals surface area contributed by atoms with Crippen LogP contribution in [0.3, 0.4) is 0 Å². The van der Waals surface area contributed by atoms with Gasteiger partial charge in [-0.25, -0.2) is 0 Å². The van der Waals surface area contributed by atoms with E-state index in [9.17, 15) is 15.2 Å². The number of aryl methyl sites for hydroxylation is 1. The fourth-order valence-electron chi connectivity index (χ4n) is 4.31. The third kappa shape index (κ3) is 5.21. The number of halogens is 1. The lowest BCUT2D eigenvalue weighted by Crippen LogP contribution is -2.54. The Morgan fingerprint density at radius 2 is 1.94 bits per heavy atom. The second-order valence-electron chi connectivity index (χ2n) is 8.41. The summed E-state index contributed by atoms with van der Waals surface area (Å²) < 4.78 is 0. The molecule has 1 unspecified atom stereocenters. The number of rotatable bonds is 6. The summed E-state index contributed by atoms with van der Waals surface area (Å²) in [6, 6.07) is 21.4. The minimum absolute atomic E-state index is 0.437. The van der Waals surface area contributed by atoms with Crippen LogP contribution in [0.5, 0.6) is 0 Å². The number of aliphatic carboxylic acids is 1. The molecule has 1 aliphatic heterocycles. The van der Waals surface area contributed by atoms with E-state index >= 15 is 0 Å². The molecule has 4 rings (SSSR count). The highest BCUT2D eigenvalue weighted by Gasteiger charge is 2.28. The number of carbonyl (C=O) groups is 1. The van der Waals surface area contributed by atoms with Gasteiger partial charge in [-0.05, 0) is 40.8 Å². The number of carboxylic acid groups (broad SMARTS) is 1. The summed E-state index contributed by atoms with van der Waals surface area (Å²) in [5.74, 6) is -0.818. The van der Waals surface area contributed by atoms with Crippen LogP contribution >= 0.6 is 11.6 Å². The predicted octanol–water partition coefficient (Wildman–Crippen LogP) is 5.22. The van der Waals surface area contributed by atoms with Crippen LogP contribution in [0.2, 0.25) is 5.02 Å². The van der Waals surface area contributed by atoms with Crippen LogP contribution in [0.4, 0.5) is 0 Å². The predicted molar refractivity (Wildman–Crippen MR) is 136 cm³/mol. The molecule has 1 heterocycles. The highest BCUT2D eigenvalue weighted by atomic mass is 35.5. The second kappa shape index (κ2) is 10.7. The number of nitrogens with zero attached hydrogens (tertiary/aromatic N) is 2. The van der Waals surface area contributed by atoms with E-state index in [1.54, 1.807) is 0 Å². The number of carboxylic acids is 1. The normalized spacial score (nSPS) is 16.4. The monoisotopic (exact) mass is 471 g/mol. The zero-order valence-electron chi connectivity index (χ0n) is 19.0.